The summed E-state index contributed by atoms with van der Waals surface area (Å²) < 4.78 is 29.0. The summed E-state index contributed by atoms with van der Waals surface area (Å²) in [6, 6.07) is 0. The number of aromatic amines is 1. The summed E-state index contributed by atoms with van der Waals surface area (Å²) in [4.78, 5) is 27.5. The molecule has 0 aliphatic carbocycles. The van der Waals surface area contributed by atoms with Gasteiger partial charge in [-0.3, -0.25) is 14.3 Å². The molecule has 1 atom stereocenters. The molecule has 2 heterocycles. The standard InChI is InChI=1S/C14H24N5O7P/c1-3-24-27(22,25-4-2)9-23-6-5-10(7-20)26-19-8-16-11-12(19)17-14(15)18-13(11)21/h8,10,20H,3-7,9H2,1-2H3,(H3,15,17,18,21). The summed E-state index contributed by atoms with van der Waals surface area (Å²) in [5.74, 6) is -0.0793. The van der Waals surface area contributed by atoms with Crippen LogP contribution in [-0.2, 0) is 18.3 Å². The van der Waals surface area contributed by atoms with Crippen molar-refractivity contribution >= 4 is 24.7 Å². The third-order valence-electron chi connectivity index (χ3n) is 3.35. The van der Waals surface area contributed by atoms with Gasteiger partial charge in [-0.25, -0.2) is 4.98 Å². The van der Waals surface area contributed by atoms with E-state index in [9.17, 15) is 14.5 Å². The number of fused-ring (bicyclic) bond motifs is 1. The Balaban J connectivity index is 1.93. The van der Waals surface area contributed by atoms with Crippen LogP contribution in [0.25, 0.3) is 11.2 Å². The summed E-state index contributed by atoms with van der Waals surface area (Å²) in [5, 5.41) is 9.50. The Hall–Kier alpha value is -1.98. The number of hydrogen-bond acceptors (Lipinski definition) is 10. The van der Waals surface area contributed by atoms with Crippen LogP contribution in [0.4, 0.5) is 5.95 Å². The molecule has 13 heteroatoms. The minimum absolute atomic E-state index is 0.0616. The molecule has 0 bridgehead atoms. The number of ether oxygens (including phenoxy) is 1. The third kappa shape index (κ3) is 5.75. The van der Waals surface area contributed by atoms with E-state index in [4.69, 9.17) is 24.4 Å². The Morgan fingerprint density at radius 3 is 2.70 bits per heavy atom. The number of aromatic nitrogens is 4. The zero-order chi connectivity index (χ0) is 19.9. The highest BCUT2D eigenvalue weighted by Gasteiger charge is 2.24. The zero-order valence-corrected chi connectivity index (χ0v) is 16.1. The molecule has 0 saturated carbocycles. The minimum Gasteiger partial charge on any atom is -0.405 e. The first-order valence-electron chi connectivity index (χ1n) is 8.39. The fourth-order valence-electron chi connectivity index (χ4n) is 2.22. The van der Waals surface area contributed by atoms with Crippen molar-refractivity contribution in [3.63, 3.8) is 0 Å². The lowest BCUT2D eigenvalue weighted by Gasteiger charge is -2.19. The van der Waals surface area contributed by atoms with Crippen LogP contribution >= 0.6 is 7.60 Å². The first-order chi connectivity index (χ1) is 12.9. The smallest absolute Gasteiger partial charge is 0.356 e. The number of nitrogens with two attached hydrogens (primary N) is 1. The number of nitrogens with one attached hydrogen (secondary N) is 1. The van der Waals surface area contributed by atoms with Crippen molar-refractivity contribution in [1.82, 2.24) is 19.7 Å². The summed E-state index contributed by atoms with van der Waals surface area (Å²) in [6.07, 6.45) is 0.651. The fourth-order valence-corrected chi connectivity index (χ4v) is 3.58. The number of aliphatic hydroxyl groups is 1. The lowest BCUT2D eigenvalue weighted by atomic mass is 10.3. The van der Waals surface area contributed by atoms with Gasteiger partial charge in [0.25, 0.3) is 5.56 Å². The number of H-pyrrole nitrogens is 1. The normalized spacial score (nSPS) is 13.1. The zero-order valence-electron chi connectivity index (χ0n) is 15.2. The van der Waals surface area contributed by atoms with E-state index in [0.29, 0.717) is 0 Å². The van der Waals surface area contributed by atoms with Crippen LogP contribution < -0.4 is 16.1 Å². The second kappa shape index (κ2) is 9.81. The minimum atomic E-state index is -3.29. The van der Waals surface area contributed by atoms with Crippen molar-refractivity contribution < 1.29 is 28.3 Å². The highest BCUT2D eigenvalue weighted by atomic mass is 31.2. The average molecular weight is 405 g/mol. The van der Waals surface area contributed by atoms with Crippen LogP contribution in [0.2, 0.25) is 0 Å². The van der Waals surface area contributed by atoms with Gasteiger partial charge in [0.2, 0.25) is 11.6 Å². The number of rotatable bonds is 12. The number of nitrogen functional groups attached to an aromatic ring is 1. The first kappa shape index (κ1) is 21.3. The van der Waals surface area contributed by atoms with Gasteiger partial charge in [0.15, 0.2) is 11.6 Å². The lowest BCUT2D eigenvalue weighted by Crippen LogP contribution is -2.30. The Labute approximate surface area is 155 Å². The van der Waals surface area contributed by atoms with Gasteiger partial charge in [-0.15, -0.1) is 0 Å². The van der Waals surface area contributed by atoms with Crippen LogP contribution in [0.5, 0.6) is 0 Å². The molecule has 27 heavy (non-hydrogen) atoms. The molecule has 0 saturated heterocycles. The summed E-state index contributed by atoms with van der Waals surface area (Å²) in [6.45, 7) is 3.72. The maximum atomic E-state index is 12.3. The third-order valence-corrected chi connectivity index (χ3v) is 5.15. The van der Waals surface area contributed by atoms with Gasteiger partial charge in [0.05, 0.1) is 26.4 Å². The number of anilines is 1. The number of aliphatic hydroxyl groups excluding tert-OH is 1. The van der Waals surface area contributed by atoms with E-state index in [-0.39, 0.29) is 56.3 Å². The topological polar surface area (TPSA) is 164 Å². The first-order valence-corrected chi connectivity index (χ1v) is 10.1. The molecule has 0 fully saturated rings. The van der Waals surface area contributed by atoms with Gasteiger partial charge >= 0.3 is 7.60 Å². The van der Waals surface area contributed by atoms with Crippen LogP contribution in [0.15, 0.2) is 11.1 Å². The predicted molar refractivity (Wildman–Crippen MR) is 96.3 cm³/mol. The van der Waals surface area contributed by atoms with Gasteiger partial charge in [-0.05, 0) is 13.8 Å². The molecule has 0 aromatic carbocycles. The maximum Gasteiger partial charge on any atom is 0.356 e. The average Bonchev–Trinajstić information content (AvgIpc) is 3.01. The van der Waals surface area contributed by atoms with Crippen molar-refractivity contribution in [1.29, 1.82) is 0 Å². The quantitative estimate of drug-likeness (QED) is 0.326. The second-order valence-corrected chi connectivity index (χ2v) is 7.37. The Kier molecular flexibility index (Phi) is 7.75. The van der Waals surface area contributed by atoms with Crippen molar-refractivity contribution in [2.75, 3.05) is 38.5 Å². The highest BCUT2D eigenvalue weighted by molar-refractivity contribution is 7.53. The Bertz CT molecular complexity index is 829. The van der Waals surface area contributed by atoms with Gasteiger partial charge < -0.3 is 29.5 Å². The Morgan fingerprint density at radius 2 is 2.07 bits per heavy atom. The van der Waals surface area contributed by atoms with Gasteiger partial charge in [-0.1, -0.05) is 0 Å². The number of nitrogens with zero attached hydrogens (tertiary/aromatic N) is 3. The molecule has 4 N–H and O–H groups in total. The van der Waals surface area contributed by atoms with E-state index in [0.717, 1.165) is 4.73 Å². The van der Waals surface area contributed by atoms with Gasteiger partial charge in [0.1, 0.15) is 12.7 Å². The summed E-state index contributed by atoms with van der Waals surface area (Å²) >= 11 is 0. The molecule has 0 amide bonds. The highest BCUT2D eigenvalue weighted by Crippen LogP contribution is 2.47. The molecule has 0 spiro atoms. The van der Waals surface area contributed by atoms with Crippen molar-refractivity contribution in [3.8, 4) is 0 Å². The molecular formula is C14H24N5O7P. The predicted octanol–water partition coefficient (Wildman–Crippen LogP) is 0.122. The molecule has 2 aromatic heterocycles. The molecule has 152 valence electrons. The van der Waals surface area contributed by atoms with E-state index in [1.165, 1.54) is 6.33 Å². The lowest BCUT2D eigenvalue weighted by molar-refractivity contribution is -0.0127. The molecule has 0 aliphatic heterocycles. The molecule has 12 nitrogen and oxygen atoms in total. The van der Waals surface area contributed by atoms with Crippen molar-refractivity contribution in [3.05, 3.63) is 16.7 Å². The van der Waals surface area contributed by atoms with E-state index in [2.05, 4.69) is 15.0 Å². The number of hydrogen-bond donors (Lipinski definition) is 3. The molecule has 1 unspecified atom stereocenters. The molecule has 0 radical (unpaired) electrons. The molecule has 2 aromatic rings. The van der Waals surface area contributed by atoms with Gasteiger partial charge in [0, 0.05) is 6.42 Å². The SMILES string of the molecule is CCOP(=O)(COCCC(CO)On1cnc2c(=O)[nH]c(N)nc21)OCC. The molecule has 2 rings (SSSR count). The monoisotopic (exact) mass is 405 g/mol. The Morgan fingerprint density at radius 1 is 1.37 bits per heavy atom. The van der Waals surface area contributed by atoms with E-state index < -0.39 is 19.3 Å². The summed E-state index contributed by atoms with van der Waals surface area (Å²) in [5.41, 5.74) is 5.22. The van der Waals surface area contributed by atoms with E-state index in [1.807, 2.05) is 0 Å². The van der Waals surface area contributed by atoms with E-state index in [1.54, 1.807) is 13.8 Å². The van der Waals surface area contributed by atoms with Crippen LogP contribution in [0, 0.1) is 0 Å². The summed E-state index contributed by atoms with van der Waals surface area (Å²) in [7, 11) is -3.29. The van der Waals surface area contributed by atoms with Crippen LogP contribution in [0.1, 0.15) is 20.3 Å². The van der Waals surface area contributed by atoms with Gasteiger partial charge in [-0.2, -0.15) is 9.71 Å². The fraction of sp³-hybridized carbons (Fsp3) is 0.643. The van der Waals surface area contributed by atoms with E-state index >= 15 is 0 Å². The van der Waals surface area contributed by atoms with Crippen molar-refractivity contribution in [2.24, 2.45) is 0 Å². The number of imidazole rings is 1. The largest absolute Gasteiger partial charge is 0.405 e. The molecule has 0 aliphatic rings. The maximum absolute atomic E-state index is 12.3. The van der Waals surface area contributed by atoms with Crippen LogP contribution in [-0.4, -0.2) is 63.7 Å². The van der Waals surface area contributed by atoms with Crippen LogP contribution in [0.3, 0.4) is 0 Å². The second-order valence-electron chi connectivity index (χ2n) is 5.38. The van der Waals surface area contributed by atoms with Crippen molar-refractivity contribution in [2.45, 2.75) is 26.4 Å². The molecular weight excluding hydrogens is 381 g/mol.